The van der Waals surface area contributed by atoms with Gasteiger partial charge in [-0.05, 0) is 37.0 Å². The zero-order valence-electron chi connectivity index (χ0n) is 16.4. The van der Waals surface area contributed by atoms with Crippen LogP contribution in [0.25, 0.3) is 11.2 Å². The molecule has 0 radical (unpaired) electrons. The van der Waals surface area contributed by atoms with E-state index in [0.29, 0.717) is 11.5 Å². The van der Waals surface area contributed by atoms with Gasteiger partial charge >= 0.3 is 5.69 Å². The molecule has 0 saturated carbocycles. The van der Waals surface area contributed by atoms with Gasteiger partial charge < -0.3 is 14.6 Å². The van der Waals surface area contributed by atoms with Crippen molar-refractivity contribution in [3.8, 4) is 0 Å². The molecule has 3 heterocycles. The van der Waals surface area contributed by atoms with Gasteiger partial charge in [0.2, 0.25) is 5.95 Å². The summed E-state index contributed by atoms with van der Waals surface area (Å²) >= 11 is 0. The number of H-pyrrole nitrogens is 1. The molecule has 1 saturated heterocycles. The Morgan fingerprint density at radius 2 is 1.87 bits per heavy atom. The molecule has 1 unspecified atom stereocenters. The van der Waals surface area contributed by atoms with Crippen LogP contribution < -0.4 is 16.1 Å². The highest BCUT2D eigenvalue weighted by Crippen LogP contribution is 2.26. The number of imidazole rings is 1. The van der Waals surface area contributed by atoms with E-state index in [-0.39, 0.29) is 23.4 Å². The van der Waals surface area contributed by atoms with Gasteiger partial charge in [-0.2, -0.15) is 4.98 Å². The van der Waals surface area contributed by atoms with E-state index < -0.39 is 22.3 Å². The number of nitrogens with one attached hydrogen (secondary N) is 1. The van der Waals surface area contributed by atoms with Crippen LogP contribution in [-0.2, 0) is 13.6 Å². The summed E-state index contributed by atoms with van der Waals surface area (Å²) in [6.07, 6.45) is 2.07. The van der Waals surface area contributed by atoms with Crippen molar-refractivity contribution in [1.82, 2.24) is 19.1 Å². The third-order valence-corrected chi connectivity index (χ3v) is 5.47. The number of fused-ring (bicyclic) bond motifs is 1. The van der Waals surface area contributed by atoms with Gasteiger partial charge in [-0.15, -0.1) is 0 Å². The molecular formula is C19H22N6O5. The maximum Gasteiger partial charge on any atom is 0.329 e. The first-order valence-electron chi connectivity index (χ1n) is 9.73. The van der Waals surface area contributed by atoms with Gasteiger partial charge in [0.15, 0.2) is 11.2 Å². The number of aromatic nitrogens is 4. The Hall–Kier alpha value is -3.47. The first kappa shape index (κ1) is 19.8. The van der Waals surface area contributed by atoms with E-state index in [4.69, 9.17) is 0 Å². The molecule has 4 rings (SSSR count). The predicted molar refractivity (Wildman–Crippen MR) is 110 cm³/mol. The fourth-order valence-electron chi connectivity index (χ4n) is 3.83. The summed E-state index contributed by atoms with van der Waals surface area (Å²) in [6, 6.07) is 5.63. The Bertz CT molecular complexity index is 1200. The molecule has 1 aromatic carbocycles. The second-order valence-electron chi connectivity index (χ2n) is 7.43. The number of benzene rings is 1. The topological polar surface area (TPSA) is 139 Å². The van der Waals surface area contributed by atoms with Crippen LogP contribution in [0.4, 0.5) is 11.6 Å². The number of nitrogens with zero attached hydrogens (tertiary/aromatic N) is 5. The Morgan fingerprint density at radius 3 is 2.50 bits per heavy atom. The van der Waals surface area contributed by atoms with E-state index in [1.165, 1.54) is 35.9 Å². The van der Waals surface area contributed by atoms with Gasteiger partial charge in [0.05, 0.1) is 17.6 Å². The van der Waals surface area contributed by atoms with Crippen LogP contribution in [0.2, 0.25) is 0 Å². The summed E-state index contributed by atoms with van der Waals surface area (Å²) in [6.45, 7) is 1.55. The molecule has 11 nitrogen and oxygen atoms in total. The minimum atomic E-state index is -1.02. The van der Waals surface area contributed by atoms with E-state index in [2.05, 4.69) is 14.9 Å². The molecular weight excluding hydrogens is 392 g/mol. The molecule has 158 valence electrons. The molecule has 0 aliphatic carbocycles. The quantitative estimate of drug-likeness (QED) is 0.470. The van der Waals surface area contributed by atoms with Crippen LogP contribution in [0, 0.1) is 10.1 Å². The van der Waals surface area contributed by atoms with E-state index in [0.717, 1.165) is 32.4 Å². The second kappa shape index (κ2) is 7.75. The summed E-state index contributed by atoms with van der Waals surface area (Å²) in [4.78, 5) is 43.9. The normalized spacial score (nSPS) is 15.5. The number of non-ortho nitro benzene ring substituents is 1. The minimum Gasteiger partial charge on any atom is -0.387 e. The Kier molecular flexibility index (Phi) is 5.12. The Balaban J connectivity index is 1.79. The molecule has 1 aliphatic heterocycles. The first-order valence-corrected chi connectivity index (χ1v) is 9.73. The van der Waals surface area contributed by atoms with Crippen molar-refractivity contribution >= 4 is 22.8 Å². The number of piperidine rings is 1. The number of hydrogen-bond donors (Lipinski definition) is 2. The van der Waals surface area contributed by atoms with Crippen molar-refractivity contribution in [1.29, 1.82) is 0 Å². The third kappa shape index (κ3) is 3.47. The van der Waals surface area contributed by atoms with Crippen molar-refractivity contribution in [2.45, 2.75) is 31.9 Å². The number of rotatable bonds is 5. The third-order valence-electron chi connectivity index (χ3n) is 5.47. The number of nitro groups is 1. The van der Waals surface area contributed by atoms with Crippen LogP contribution in [0.5, 0.6) is 0 Å². The SMILES string of the molecule is Cn1c(=O)[nH]c(=O)c2c1nc(N1CCCCC1)n2CC(O)c1ccc([N+](=O)[O-])cc1. The summed E-state index contributed by atoms with van der Waals surface area (Å²) in [5.74, 6) is 0.525. The summed E-state index contributed by atoms with van der Waals surface area (Å²) in [5, 5.41) is 21.7. The predicted octanol–water partition coefficient (Wildman–Crippen LogP) is 1.06. The van der Waals surface area contributed by atoms with Crippen molar-refractivity contribution in [2.24, 2.45) is 7.05 Å². The lowest BCUT2D eigenvalue weighted by molar-refractivity contribution is -0.384. The van der Waals surface area contributed by atoms with Gasteiger partial charge in [0, 0.05) is 32.3 Å². The largest absolute Gasteiger partial charge is 0.387 e. The van der Waals surface area contributed by atoms with E-state index in [1.54, 1.807) is 4.57 Å². The van der Waals surface area contributed by atoms with Crippen molar-refractivity contribution in [3.63, 3.8) is 0 Å². The van der Waals surface area contributed by atoms with Gasteiger partial charge in [0.1, 0.15) is 0 Å². The number of aryl methyl sites for hydroxylation is 1. The molecule has 30 heavy (non-hydrogen) atoms. The fourth-order valence-corrected chi connectivity index (χ4v) is 3.83. The van der Waals surface area contributed by atoms with Crippen molar-refractivity contribution in [3.05, 3.63) is 60.8 Å². The number of anilines is 1. The molecule has 1 aliphatic rings. The van der Waals surface area contributed by atoms with Crippen molar-refractivity contribution < 1.29 is 10.0 Å². The monoisotopic (exact) mass is 414 g/mol. The number of aromatic amines is 1. The highest BCUT2D eigenvalue weighted by molar-refractivity contribution is 5.74. The van der Waals surface area contributed by atoms with Gasteiger partial charge in [0.25, 0.3) is 11.2 Å². The van der Waals surface area contributed by atoms with Crippen molar-refractivity contribution in [2.75, 3.05) is 18.0 Å². The number of nitro benzene ring substituents is 1. The molecule has 0 amide bonds. The van der Waals surface area contributed by atoms with Crippen LogP contribution in [0.3, 0.4) is 0 Å². The highest BCUT2D eigenvalue weighted by atomic mass is 16.6. The Morgan fingerprint density at radius 1 is 1.20 bits per heavy atom. The average Bonchev–Trinajstić information content (AvgIpc) is 3.12. The summed E-state index contributed by atoms with van der Waals surface area (Å²) in [5.41, 5.74) is -0.260. The molecule has 0 bridgehead atoms. The maximum absolute atomic E-state index is 12.6. The van der Waals surface area contributed by atoms with Gasteiger partial charge in [-0.1, -0.05) is 0 Å². The summed E-state index contributed by atoms with van der Waals surface area (Å²) in [7, 11) is 1.53. The van der Waals surface area contributed by atoms with E-state index in [1.807, 2.05) is 0 Å². The van der Waals surface area contributed by atoms with E-state index in [9.17, 15) is 24.8 Å². The van der Waals surface area contributed by atoms with Gasteiger partial charge in [-0.3, -0.25) is 24.5 Å². The molecule has 11 heteroatoms. The fraction of sp³-hybridized carbons (Fsp3) is 0.421. The molecule has 1 fully saturated rings. The van der Waals surface area contributed by atoms with Gasteiger partial charge in [-0.25, -0.2) is 4.79 Å². The number of aliphatic hydroxyl groups is 1. The lowest BCUT2D eigenvalue weighted by Crippen LogP contribution is -2.33. The van der Waals surface area contributed by atoms with Crippen LogP contribution in [0.15, 0.2) is 33.9 Å². The van der Waals surface area contributed by atoms with Crippen LogP contribution in [-0.4, -0.2) is 42.2 Å². The molecule has 1 atom stereocenters. The van der Waals surface area contributed by atoms with E-state index >= 15 is 0 Å². The number of hydrogen-bond acceptors (Lipinski definition) is 7. The van der Waals surface area contributed by atoms with Crippen LogP contribution >= 0.6 is 0 Å². The summed E-state index contributed by atoms with van der Waals surface area (Å²) < 4.78 is 2.91. The average molecular weight is 414 g/mol. The van der Waals surface area contributed by atoms with Crippen LogP contribution in [0.1, 0.15) is 30.9 Å². The lowest BCUT2D eigenvalue weighted by atomic mass is 10.1. The minimum absolute atomic E-state index is 0.0153. The zero-order valence-corrected chi connectivity index (χ0v) is 16.4. The Labute approximate surface area is 170 Å². The molecule has 0 spiro atoms. The second-order valence-corrected chi connectivity index (χ2v) is 7.43. The highest BCUT2D eigenvalue weighted by Gasteiger charge is 2.24. The maximum atomic E-state index is 12.6. The standard InChI is InChI=1S/C19H22N6O5/c1-22-16-15(17(27)21-19(22)28)24(18(20-16)23-9-3-2-4-10-23)11-14(26)12-5-7-13(8-6-12)25(29)30/h5-8,14,26H,2-4,9-11H2,1H3,(H,21,27,28). The first-order chi connectivity index (χ1) is 14.4. The molecule has 3 aromatic rings. The lowest BCUT2D eigenvalue weighted by Gasteiger charge is -2.28. The smallest absolute Gasteiger partial charge is 0.329 e. The molecule has 2 N–H and O–H groups in total. The number of aliphatic hydroxyl groups excluding tert-OH is 1. The molecule has 2 aromatic heterocycles. The zero-order chi connectivity index (χ0) is 21.4.